The van der Waals surface area contributed by atoms with E-state index in [0.717, 1.165) is 11.3 Å². The number of hydrazone groups is 1. The van der Waals surface area contributed by atoms with Crippen LogP contribution in [0.2, 0.25) is 0 Å². The maximum atomic E-state index is 13.7. The van der Waals surface area contributed by atoms with Crippen LogP contribution in [-0.4, -0.2) is 83.4 Å². The van der Waals surface area contributed by atoms with Crippen LogP contribution in [0.25, 0.3) is 0 Å². The summed E-state index contributed by atoms with van der Waals surface area (Å²) in [6.45, 7) is 10.7. The summed E-state index contributed by atoms with van der Waals surface area (Å²) in [6, 6.07) is 8.43. The van der Waals surface area contributed by atoms with Crippen LogP contribution < -0.4 is 10.6 Å². The number of ether oxygens (including phenoxy) is 2. The van der Waals surface area contributed by atoms with Gasteiger partial charge in [0.2, 0.25) is 11.8 Å². The number of amides is 4. The Hall–Kier alpha value is -3.47. The molecule has 11 heteroatoms. The van der Waals surface area contributed by atoms with Crippen molar-refractivity contribution >= 4 is 29.5 Å². The normalized spacial score (nSPS) is 20.4. The number of benzene rings is 1. The molecule has 0 radical (unpaired) electrons. The Morgan fingerprint density at radius 3 is 2.42 bits per heavy atom. The van der Waals surface area contributed by atoms with Gasteiger partial charge in [0.25, 0.3) is 5.91 Å². The third kappa shape index (κ3) is 6.89. The number of hydrogen-bond donors (Lipinski definition) is 2. The standard InChI is InChI=1S/C27H39N5O6/c1-25(2,3)38-24(36)29-26(4,5)22(34)28-19(16-37-15-18-11-9-8-10-12-18)21(33)32-14-13-20-27(6,17-32)23(35)31(7)30-20/h8-12,19H,13-17H2,1-7H3,(H,28,34)(H,29,36)/t19-,27-/m1/s1. The number of piperidine rings is 1. The summed E-state index contributed by atoms with van der Waals surface area (Å²) in [4.78, 5) is 53.6. The average Bonchev–Trinajstić information content (AvgIpc) is 3.04. The van der Waals surface area contributed by atoms with Crippen molar-refractivity contribution in [1.82, 2.24) is 20.5 Å². The fraction of sp³-hybridized carbons (Fsp3) is 0.593. The molecule has 0 aromatic heterocycles. The van der Waals surface area contributed by atoms with E-state index in [1.54, 1.807) is 39.6 Å². The Morgan fingerprint density at radius 1 is 1.13 bits per heavy atom. The Balaban J connectivity index is 1.73. The predicted octanol–water partition coefficient (Wildman–Crippen LogP) is 2.06. The molecule has 0 unspecified atom stereocenters. The van der Waals surface area contributed by atoms with E-state index in [2.05, 4.69) is 15.7 Å². The van der Waals surface area contributed by atoms with Gasteiger partial charge in [0, 0.05) is 26.6 Å². The maximum absolute atomic E-state index is 13.7. The van der Waals surface area contributed by atoms with Crippen molar-refractivity contribution in [2.24, 2.45) is 10.5 Å². The number of likely N-dealkylation sites (tertiary alicyclic amines) is 1. The van der Waals surface area contributed by atoms with Crippen LogP contribution in [0.15, 0.2) is 35.4 Å². The van der Waals surface area contributed by atoms with Gasteiger partial charge in [-0.05, 0) is 47.1 Å². The van der Waals surface area contributed by atoms with Crippen LogP contribution >= 0.6 is 0 Å². The Kier molecular flexibility index (Phi) is 8.50. The zero-order valence-corrected chi connectivity index (χ0v) is 23.3. The van der Waals surface area contributed by atoms with Crippen molar-refractivity contribution in [3.63, 3.8) is 0 Å². The van der Waals surface area contributed by atoms with Crippen LogP contribution in [0.5, 0.6) is 0 Å². The van der Waals surface area contributed by atoms with Gasteiger partial charge >= 0.3 is 6.09 Å². The third-order valence-corrected chi connectivity index (χ3v) is 6.49. The number of rotatable bonds is 8. The van der Waals surface area contributed by atoms with E-state index >= 15 is 0 Å². The van der Waals surface area contributed by atoms with Crippen LogP contribution in [0.4, 0.5) is 4.79 Å². The lowest BCUT2D eigenvalue weighted by Crippen LogP contribution is -2.62. The van der Waals surface area contributed by atoms with Crippen molar-refractivity contribution in [2.75, 3.05) is 26.7 Å². The molecule has 0 aliphatic carbocycles. The molecule has 1 saturated heterocycles. The smallest absolute Gasteiger partial charge is 0.408 e. The molecule has 11 nitrogen and oxygen atoms in total. The maximum Gasteiger partial charge on any atom is 0.408 e. The number of nitrogens with one attached hydrogen (secondary N) is 2. The Morgan fingerprint density at radius 2 is 1.79 bits per heavy atom. The highest BCUT2D eigenvalue weighted by atomic mass is 16.6. The molecular weight excluding hydrogens is 490 g/mol. The molecule has 4 amide bonds. The number of nitrogens with zero attached hydrogens (tertiary/aromatic N) is 3. The van der Waals surface area contributed by atoms with Gasteiger partial charge in [-0.2, -0.15) is 5.10 Å². The first-order valence-electron chi connectivity index (χ1n) is 12.7. The lowest BCUT2D eigenvalue weighted by atomic mass is 9.79. The van der Waals surface area contributed by atoms with Crippen molar-refractivity contribution in [2.45, 2.75) is 71.8 Å². The summed E-state index contributed by atoms with van der Waals surface area (Å²) in [6.07, 6.45) is -0.296. The SMILES string of the molecule is CN1N=C2CCN(C(=O)[C@@H](COCc3ccccc3)NC(=O)C(C)(C)NC(=O)OC(C)(C)C)C[C@@]2(C)C1=O. The molecule has 2 aliphatic rings. The molecule has 3 rings (SSSR count). The molecule has 1 aromatic carbocycles. The van der Waals surface area contributed by atoms with Gasteiger partial charge in [-0.3, -0.25) is 14.4 Å². The van der Waals surface area contributed by atoms with E-state index in [4.69, 9.17) is 9.47 Å². The largest absolute Gasteiger partial charge is 0.444 e. The van der Waals surface area contributed by atoms with Crippen LogP contribution in [0.1, 0.15) is 53.5 Å². The third-order valence-electron chi connectivity index (χ3n) is 6.49. The van der Waals surface area contributed by atoms with Gasteiger partial charge in [0.15, 0.2) is 0 Å². The molecule has 1 fully saturated rings. The second kappa shape index (κ2) is 11.1. The summed E-state index contributed by atoms with van der Waals surface area (Å²) >= 11 is 0. The molecule has 2 aliphatic heterocycles. The average molecular weight is 530 g/mol. The van der Waals surface area contributed by atoms with Crippen LogP contribution in [0, 0.1) is 5.41 Å². The molecule has 2 heterocycles. The highest BCUT2D eigenvalue weighted by Crippen LogP contribution is 2.34. The minimum atomic E-state index is -1.38. The molecular formula is C27H39N5O6. The van der Waals surface area contributed by atoms with Crippen LogP contribution in [-0.2, 0) is 30.5 Å². The number of carbonyl (C=O) groups excluding carboxylic acids is 4. The molecule has 2 atom stereocenters. The lowest BCUT2D eigenvalue weighted by Gasteiger charge is -2.38. The second-order valence-electron chi connectivity index (χ2n) is 11.5. The van der Waals surface area contributed by atoms with Gasteiger partial charge in [0.05, 0.1) is 18.9 Å². The minimum absolute atomic E-state index is 0.0933. The van der Waals surface area contributed by atoms with Gasteiger partial charge in [-0.25, -0.2) is 9.80 Å². The Bertz CT molecular complexity index is 1100. The van der Waals surface area contributed by atoms with Crippen LogP contribution in [0.3, 0.4) is 0 Å². The highest BCUT2D eigenvalue weighted by molar-refractivity contribution is 6.13. The monoisotopic (exact) mass is 529 g/mol. The summed E-state index contributed by atoms with van der Waals surface area (Å²) in [5, 5.41) is 11.0. The predicted molar refractivity (Wildman–Crippen MR) is 141 cm³/mol. The second-order valence-corrected chi connectivity index (χ2v) is 11.5. The first-order chi connectivity index (χ1) is 17.6. The zero-order chi connectivity index (χ0) is 28.3. The van der Waals surface area contributed by atoms with Gasteiger partial charge in [0.1, 0.15) is 22.6 Å². The number of hydrogen-bond acceptors (Lipinski definition) is 7. The Labute approximate surface area is 223 Å². The summed E-state index contributed by atoms with van der Waals surface area (Å²) in [5.74, 6) is -1.12. The number of fused-ring (bicyclic) bond motifs is 1. The number of carbonyl (C=O) groups is 4. The topological polar surface area (TPSA) is 130 Å². The molecule has 38 heavy (non-hydrogen) atoms. The lowest BCUT2D eigenvalue weighted by molar-refractivity contribution is -0.143. The molecule has 208 valence electrons. The molecule has 1 aromatic rings. The van der Waals surface area contributed by atoms with Crippen molar-refractivity contribution in [3.05, 3.63) is 35.9 Å². The van der Waals surface area contributed by atoms with E-state index in [9.17, 15) is 19.2 Å². The van der Waals surface area contributed by atoms with E-state index in [-0.39, 0.29) is 31.6 Å². The van der Waals surface area contributed by atoms with Gasteiger partial charge in [-0.1, -0.05) is 30.3 Å². The quantitative estimate of drug-likeness (QED) is 0.530. The highest BCUT2D eigenvalue weighted by Gasteiger charge is 2.50. The van der Waals surface area contributed by atoms with E-state index < -0.39 is 34.6 Å². The molecule has 0 spiro atoms. The van der Waals surface area contributed by atoms with E-state index in [0.29, 0.717) is 13.0 Å². The van der Waals surface area contributed by atoms with E-state index in [1.807, 2.05) is 30.3 Å². The summed E-state index contributed by atoms with van der Waals surface area (Å²) < 4.78 is 11.1. The number of alkyl carbamates (subject to hydrolysis) is 1. The fourth-order valence-electron chi connectivity index (χ4n) is 4.41. The van der Waals surface area contributed by atoms with Crippen molar-refractivity contribution in [1.29, 1.82) is 0 Å². The molecule has 0 bridgehead atoms. The van der Waals surface area contributed by atoms with E-state index in [1.165, 1.54) is 18.9 Å². The molecule has 0 saturated carbocycles. The van der Waals surface area contributed by atoms with Gasteiger partial charge < -0.3 is 25.0 Å². The minimum Gasteiger partial charge on any atom is -0.444 e. The van der Waals surface area contributed by atoms with Crippen molar-refractivity contribution < 1.29 is 28.7 Å². The first-order valence-corrected chi connectivity index (χ1v) is 12.7. The fourth-order valence-corrected chi connectivity index (χ4v) is 4.41. The van der Waals surface area contributed by atoms with Crippen molar-refractivity contribution in [3.8, 4) is 0 Å². The first kappa shape index (κ1) is 29.1. The molecule has 2 N–H and O–H groups in total. The summed E-state index contributed by atoms with van der Waals surface area (Å²) in [7, 11) is 1.60. The summed E-state index contributed by atoms with van der Waals surface area (Å²) in [5.41, 5.74) is -1.35. The van der Waals surface area contributed by atoms with Gasteiger partial charge in [-0.15, -0.1) is 0 Å². The zero-order valence-electron chi connectivity index (χ0n) is 23.3.